The molecule has 1 aromatic heterocycles. The molecule has 0 unspecified atom stereocenters. The number of halogens is 1. The third kappa shape index (κ3) is 4.08. The lowest BCUT2D eigenvalue weighted by atomic mass is 10.2. The van der Waals surface area contributed by atoms with Crippen molar-refractivity contribution in [2.75, 3.05) is 12.3 Å². The van der Waals surface area contributed by atoms with E-state index >= 15 is 0 Å². The van der Waals surface area contributed by atoms with E-state index in [1.54, 1.807) is 6.07 Å². The van der Waals surface area contributed by atoms with E-state index in [4.69, 9.17) is 26.8 Å². The first-order valence-electron chi connectivity index (χ1n) is 6.26. The Labute approximate surface area is 122 Å². The third-order valence-electron chi connectivity index (χ3n) is 2.54. The van der Waals surface area contributed by atoms with E-state index < -0.39 is 0 Å². The van der Waals surface area contributed by atoms with Gasteiger partial charge in [-0.2, -0.15) is 4.98 Å². The Hall–Kier alpha value is -1.85. The number of hydrogen-bond acceptors (Lipinski definition) is 5. The molecular weight excluding hydrogens is 278 g/mol. The largest absolute Gasteiger partial charge is 0.473 e. The molecule has 1 heterocycles. The Morgan fingerprint density at radius 3 is 2.75 bits per heavy atom. The molecule has 2 rings (SSSR count). The van der Waals surface area contributed by atoms with E-state index in [0.29, 0.717) is 42.4 Å². The van der Waals surface area contributed by atoms with E-state index in [-0.39, 0.29) is 0 Å². The van der Waals surface area contributed by atoms with Gasteiger partial charge < -0.3 is 15.2 Å². The van der Waals surface area contributed by atoms with Gasteiger partial charge in [-0.15, -0.1) is 0 Å². The summed E-state index contributed by atoms with van der Waals surface area (Å²) in [4.78, 5) is 8.31. The number of aromatic nitrogens is 2. The van der Waals surface area contributed by atoms with Gasteiger partial charge in [0, 0.05) is 23.3 Å². The van der Waals surface area contributed by atoms with Crippen molar-refractivity contribution in [1.29, 1.82) is 0 Å². The lowest BCUT2D eigenvalue weighted by Crippen LogP contribution is -2.05. The number of rotatable bonds is 6. The maximum atomic E-state index is 6.06. The van der Waals surface area contributed by atoms with Gasteiger partial charge in [0.05, 0.1) is 0 Å². The normalized spacial score (nSPS) is 10.5. The van der Waals surface area contributed by atoms with Crippen molar-refractivity contribution in [3.05, 3.63) is 46.7 Å². The summed E-state index contributed by atoms with van der Waals surface area (Å²) in [5.74, 6) is 1.26. The van der Waals surface area contributed by atoms with Crippen molar-refractivity contribution in [2.24, 2.45) is 0 Å². The molecule has 0 atom stereocenters. The summed E-state index contributed by atoms with van der Waals surface area (Å²) in [6.07, 6.45) is 0. The Morgan fingerprint density at radius 2 is 2.00 bits per heavy atom. The standard InChI is InChI=1S/C14H16ClN3O2/c1-2-19-9-13-17-12(16)7-14(18-13)20-8-10-5-3-4-6-11(10)15/h3-7H,2,8-9H2,1H3,(H2,16,17,18). The summed E-state index contributed by atoms with van der Waals surface area (Å²) in [5.41, 5.74) is 6.60. The Balaban J connectivity index is 2.05. The van der Waals surface area contributed by atoms with Crippen molar-refractivity contribution in [3.63, 3.8) is 0 Å². The van der Waals surface area contributed by atoms with E-state index in [1.807, 2.05) is 31.2 Å². The molecule has 106 valence electrons. The zero-order valence-corrected chi connectivity index (χ0v) is 11.9. The zero-order chi connectivity index (χ0) is 14.4. The quantitative estimate of drug-likeness (QED) is 0.887. The smallest absolute Gasteiger partial charge is 0.219 e. The molecule has 5 nitrogen and oxygen atoms in total. The number of benzene rings is 1. The molecule has 2 N–H and O–H groups in total. The Bertz CT molecular complexity index is 578. The minimum Gasteiger partial charge on any atom is -0.473 e. The highest BCUT2D eigenvalue weighted by atomic mass is 35.5. The summed E-state index contributed by atoms with van der Waals surface area (Å²) < 4.78 is 10.9. The number of anilines is 1. The maximum Gasteiger partial charge on any atom is 0.219 e. The fraction of sp³-hybridized carbons (Fsp3) is 0.286. The second-order valence-corrected chi connectivity index (χ2v) is 4.47. The predicted octanol–water partition coefficient (Wildman–Crippen LogP) is 2.83. The highest BCUT2D eigenvalue weighted by molar-refractivity contribution is 6.31. The van der Waals surface area contributed by atoms with Crippen molar-refractivity contribution < 1.29 is 9.47 Å². The van der Waals surface area contributed by atoms with Gasteiger partial charge >= 0.3 is 0 Å². The first-order chi connectivity index (χ1) is 9.69. The van der Waals surface area contributed by atoms with Gasteiger partial charge in [-0.1, -0.05) is 29.8 Å². The molecule has 0 aliphatic rings. The molecule has 0 aliphatic carbocycles. The topological polar surface area (TPSA) is 70.3 Å². The van der Waals surface area contributed by atoms with Crippen molar-refractivity contribution in [3.8, 4) is 5.88 Å². The molecule has 20 heavy (non-hydrogen) atoms. The van der Waals surface area contributed by atoms with Crippen LogP contribution in [0, 0.1) is 0 Å². The van der Waals surface area contributed by atoms with Crippen LogP contribution in [0.3, 0.4) is 0 Å². The number of ether oxygens (including phenoxy) is 2. The first-order valence-corrected chi connectivity index (χ1v) is 6.64. The van der Waals surface area contributed by atoms with Crippen LogP contribution in [0.1, 0.15) is 18.3 Å². The van der Waals surface area contributed by atoms with E-state index in [1.165, 1.54) is 0 Å². The van der Waals surface area contributed by atoms with Gasteiger partial charge in [0.15, 0.2) is 5.82 Å². The van der Waals surface area contributed by atoms with Crippen molar-refractivity contribution in [1.82, 2.24) is 9.97 Å². The van der Waals surface area contributed by atoms with Gasteiger partial charge in [0.2, 0.25) is 5.88 Å². The van der Waals surface area contributed by atoms with Crippen LogP contribution in [0.2, 0.25) is 5.02 Å². The van der Waals surface area contributed by atoms with Crippen LogP contribution in [-0.2, 0) is 18.0 Å². The monoisotopic (exact) mass is 293 g/mol. The van der Waals surface area contributed by atoms with Gasteiger partial charge in [0.1, 0.15) is 19.0 Å². The molecule has 0 saturated carbocycles. The van der Waals surface area contributed by atoms with Crippen LogP contribution in [0.5, 0.6) is 5.88 Å². The fourth-order valence-electron chi connectivity index (χ4n) is 1.59. The van der Waals surface area contributed by atoms with E-state index in [2.05, 4.69) is 9.97 Å². The van der Waals surface area contributed by atoms with Crippen LogP contribution in [0.15, 0.2) is 30.3 Å². The van der Waals surface area contributed by atoms with Crippen LogP contribution < -0.4 is 10.5 Å². The molecule has 6 heteroatoms. The maximum absolute atomic E-state index is 6.06. The van der Waals surface area contributed by atoms with Gasteiger partial charge in [-0.3, -0.25) is 0 Å². The minimum absolute atomic E-state index is 0.310. The zero-order valence-electron chi connectivity index (χ0n) is 11.2. The Morgan fingerprint density at radius 1 is 1.20 bits per heavy atom. The molecule has 0 amide bonds. The van der Waals surface area contributed by atoms with Crippen LogP contribution in [0.25, 0.3) is 0 Å². The second kappa shape index (κ2) is 7.07. The van der Waals surface area contributed by atoms with Crippen LogP contribution >= 0.6 is 11.6 Å². The SMILES string of the molecule is CCOCc1nc(N)cc(OCc2ccccc2Cl)n1. The highest BCUT2D eigenvalue weighted by Gasteiger charge is 2.05. The van der Waals surface area contributed by atoms with E-state index in [0.717, 1.165) is 5.56 Å². The lowest BCUT2D eigenvalue weighted by Gasteiger charge is -2.09. The average molecular weight is 294 g/mol. The number of nitrogens with two attached hydrogens (primary N) is 1. The number of nitrogen functional groups attached to an aromatic ring is 1. The first kappa shape index (κ1) is 14.6. The molecule has 0 saturated heterocycles. The summed E-state index contributed by atoms with van der Waals surface area (Å²) in [6, 6.07) is 9.06. The van der Waals surface area contributed by atoms with Crippen molar-refractivity contribution >= 4 is 17.4 Å². The molecular formula is C14H16ClN3O2. The van der Waals surface area contributed by atoms with Crippen LogP contribution in [-0.4, -0.2) is 16.6 Å². The average Bonchev–Trinajstić information content (AvgIpc) is 2.44. The molecule has 0 fully saturated rings. The van der Waals surface area contributed by atoms with Crippen LogP contribution in [0.4, 0.5) is 5.82 Å². The highest BCUT2D eigenvalue weighted by Crippen LogP contribution is 2.18. The molecule has 0 spiro atoms. The molecule has 1 aromatic carbocycles. The van der Waals surface area contributed by atoms with Gasteiger partial charge in [-0.05, 0) is 13.0 Å². The summed E-state index contributed by atoms with van der Waals surface area (Å²) in [5, 5.41) is 0.657. The lowest BCUT2D eigenvalue weighted by molar-refractivity contribution is 0.127. The molecule has 0 aliphatic heterocycles. The molecule has 0 bridgehead atoms. The molecule has 2 aromatic rings. The summed E-state index contributed by atoms with van der Waals surface area (Å²) in [6.45, 7) is 3.13. The Kier molecular flexibility index (Phi) is 5.15. The van der Waals surface area contributed by atoms with E-state index in [9.17, 15) is 0 Å². The fourth-order valence-corrected chi connectivity index (χ4v) is 1.78. The molecule has 0 radical (unpaired) electrons. The number of nitrogens with zero attached hydrogens (tertiary/aromatic N) is 2. The summed E-state index contributed by atoms with van der Waals surface area (Å²) in [7, 11) is 0. The summed E-state index contributed by atoms with van der Waals surface area (Å²) >= 11 is 6.06. The minimum atomic E-state index is 0.310. The predicted molar refractivity (Wildman–Crippen MR) is 77.6 cm³/mol. The number of hydrogen-bond donors (Lipinski definition) is 1. The third-order valence-corrected chi connectivity index (χ3v) is 2.91. The van der Waals surface area contributed by atoms with Gasteiger partial charge in [-0.25, -0.2) is 4.98 Å². The van der Waals surface area contributed by atoms with Gasteiger partial charge in [0.25, 0.3) is 0 Å². The van der Waals surface area contributed by atoms with Crippen molar-refractivity contribution in [2.45, 2.75) is 20.1 Å². The second-order valence-electron chi connectivity index (χ2n) is 4.06.